The molecule has 4 aromatic rings. The van der Waals surface area contributed by atoms with Crippen molar-refractivity contribution in [3.8, 4) is 0 Å². The molecule has 1 amide bonds. The van der Waals surface area contributed by atoms with Crippen LogP contribution in [0.25, 0.3) is 11.1 Å². The smallest absolute Gasteiger partial charge is 0.408 e. The maximum absolute atomic E-state index is 12.6. The van der Waals surface area contributed by atoms with Crippen molar-refractivity contribution in [2.24, 2.45) is 0 Å². The number of amides is 1. The summed E-state index contributed by atoms with van der Waals surface area (Å²) in [6.07, 6.45) is 0.889. The molecule has 29 heavy (non-hydrogen) atoms. The first-order chi connectivity index (χ1) is 14.1. The van der Waals surface area contributed by atoms with Gasteiger partial charge in [0, 0.05) is 17.8 Å². The van der Waals surface area contributed by atoms with Crippen LogP contribution in [0, 0.1) is 6.92 Å². The highest BCUT2D eigenvalue weighted by Gasteiger charge is 2.18. The molecular weight excluding hydrogens is 384 g/mol. The molecule has 2 aromatic carbocycles. The van der Waals surface area contributed by atoms with E-state index in [4.69, 9.17) is 4.42 Å². The zero-order chi connectivity index (χ0) is 20.2. The van der Waals surface area contributed by atoms with Gasteiger partial charge >= 0.3 is 5.76 Å². The third-order valence-electron chi connectivity index (χ3n) is 4.90. The van der Waals surface area contributed by atoms with Gasteiger partial charge in [0.05, 0.1) is 11.6 Å². The number of rotatable bonds is 7. The lowest BCUT2D eigenvalue weighted by Gasteiger charge is -2.18. The van der Waals surface area contributed by atoms with Crippen molar-refractivity contribution >= 4 is 28.3 Å². The summed E-state index contributed by atoms with van der Waals surface area (Å²) in [5, 5.41) is 5.16. The Morgan fingerprint density at radius 1 is 1.10 bits per heavy atom. The molecular formula is C23H22N2O3S. The number of carbonyl (C=O) groups is 1. The van der Waals surface area contributed by atoms with Crippen LogP contribution in [0.2, 0.25) is 0 Å². The van der Waals surface area contributed by atoms with Crippen LogP contribution in [0.5, 0.6) is 0 Å². The molecule has 0 aliphatic rings. The molecule has 2 heterocycles. The van der Waals surface area contributed by atoms with E-state index in [-0.39, 0.29) is 17.7 Å². The molecule has 1 N–H and O–H groups in total. The molecule has 0 saturated carbocycles. The maximum atomic E-state index is 12.6. The number of para-hydroxylation sites is 2. The standard InChI is InChI=1S/C23H22N2O3S/c1-16-10-12-17(13-11-16)22(20-8-5-15-29-20)24-21(26)9-4-14-25-18-6-2-3-7-19(18)28-23(25)27/h2-3,5-8,10-13,15,22H,4,9,14H2,1H3,(H,24,26). The number of nitrogens with one attached hydrogen (secondary N) is 1. The first-order valence-corrected chi connectivity index (χ1v) is 10.5. The SMILES string of the molecule is Cc1ccc(C(NC(=O)CCCn2c(=O)oc3ccccc32)c2cccs2)cc1. The van der Waals surface area contributed by atoms with Gasteiger partial charge in [0.2, 0.25) is 5.91 Å². The molecule has 0 saturated heterocycles. The van der Waals surface area contributed by atoms with Gasteiger partial charge in [-0.05, 0) is 42.5 Å². The quantitative estimate of drug-likeness (QED) is 0.486. The molecule has 5 nitrogen and oxygen atoms in total. The van der Waals surface area contributed by atoms with Crippen LogP contribution in [-0.4, -0.2) is 10.5 Å². The number of carbonyl (C=O) groups excluding carboxylic acids is 1. The van der Waals surface area contributed by atoms with Gasteiger partial charge in [-0.1, -0.05) is 48.0 Å². The van der Waals surface area contributed by atoms with Crippen LogP contribution in [-0.2, 0) is 11.3 Å². The summed E-state index contributed by atoms with van der Waals surface area (Å²) in [5.41, 5.74) is 3.57. The van der Waals surface area contributed by atoms with Gasteiger partial charge in [-0.25, -0.2) is 4.79 Å². The van der Waals surface area contributed by atoms with E-state index in [1.807, 2.05) is 42.6 Å². The van der Waals surface area contributed by atoms with Gasteiger partial charge in [0.1, 0.15) is 0 Å². The van der Waals surface area contributed by atoms with Crippen molar-refractivity contribution < 1.29 is 9.21 Å². The van der Waals surface area contributed by atoms with E-state index in [2.05, 4.69) is 29.6 Å². The molecule has 2 aromatic heterocycles. The highest BCUT2D eigenvalue weighted by molar-refractivity contribution is 7.10. The van der Waals surface area contributed by atoms with Crippen molar-refractivity contribution in [2.45, 2.75) is 32.4 Å². The minimum Gasteiger partial charge on any atom is -0.408 e. The molecule has 0 radical (unpaired) electrons. The van der Waals surface area contributed by atoms with Gasteiger partial charge in [-0.3, -0.25) is 9.36 Å². The van der Waals surface area contributed by atoms with Crippen LogP contribution in [0.3, 0.4) is 0 Å². The Balaban J connectivity index is 1.42. The van der Waals surface area contributed by atoms with Crippen LogP contribution in [0.4, 0.5) is 0 Å². The lowest BCUT2D eigenvalue weighted by molar-refractivity contribution is -0.121. The van der Waals surface area contributed by atoms with Gasteiger partial charge in [0.15, 0.2) is 5.58 Å². The molecule has 4 rings (SSSR count). The average Bonchev–Trinajstić information content (AvgIpc) is 3.35. The lowest BCUT2D eigenvalue weighted by Crippen LogP contribution is -2.29. The molecule has 6 heteroatoms. The molecule has 148 valence electrons. The van der Waals surface area contributed by atoms with Crippen molar-refractivity contribution in [3.05, 3.63) is 92.6 Å². The zero-order valence-corrected chi connectivity index (χ0v) is 16.9. The second kappa shape index (κ2) is 8.49. The number of benzene rings is 2. The number of fused-ring (bicyclic) bond motifs is 1. The van der Waals surface area contributed by atoms with Crippen LogP contribution in [0.15, 0.2) is 75.3 Å². The monoisotopic (exact) mass is 406 g/mol. The predicted molar refractivity (Wildman–Crippen MR) is 115 cm³/mol. The number of aromatic nitrogens is 1. The Bertz CT molecular complexity index is 1160. The normalized spacial score (nSPS) is 12.2. The van der Waals surface area contributed by atoms with Gasteiger partial charge in [-0.15, -0.1) is 11.3 Å². The largest absolute Gasteiger partial charge is 0.419 e. The van der Waals surface area contributed by atoms with E-state index in [1.54, 1.807) is 22.0 Å². The topological polar surface area (TPSA) is 64.2 Å². The fraction of sp³-hybridized carbons (Fsp3) is 0.217. The summed E-state index contributed by atoms with van der Waals surface area (Å²) < 4.78 is 6.83. The van der Waals surface area contributed by atoms with Crippen LogP contribution >= 0.6 is 11.3 Å². The number of hydrogen-bond donors (Lipinski definition) is 1. The van der Waals surface area contributed by atoms with Gasteiger partial charge < -0.3 is 9.73 Å². The van der Waals surface area contributed by atoms with E-state index in [9.17, 15) is 9.59 Å². The highest BCUT2D eigenvalue weighted by atomic mass is 32.1. The van der Waals surface area contributed by atoms with E-state index in [1.165, 1.54) is 5.56 Å². The molecule has 0 bridgehead atoms. The van der Waals surface area contributed by atoms with Crippen molar-refractivity contribution in [2.75, 3.05) is 0 Å². The second-order valence-corrected chi connectivity index (χ2v) is 8.00. The summed E-state index contributed by atoms with van der Waals surface area (Å²) in [5.74, 6) is -0.424. The summed E-state index contributed by atoms with van der Waals surface area (Å²) in [6, 6.07) is 19.4. The summed E-state index contributed by atoms with van der Waals surface area (Å²) in [4.78, 5) is 25.8. The highest BCUT2D eigenvalue weighted by Crippen LogP contribution is 2.26. The van der Waals surface area contributed by atoms with E-state index in [0.717, 1.165) is 16.0 Å². The Kier molecular flexibility index (Phi) is 5.62. The third kappa shape index (κ3) is 4.32. The van der Waals surface area contributed by atoms with Crippen molar-refractivity contribution in [3.63, 3.8) is 0 Å². The molecule has 1 atom stereocenters. The fourth-order valence-corrected chi connectivity index (χ4v) is 4.19. The predicted octanol–water partition coefficient (Wildman–Crippen LogP) is 4.65. The van der Waals surface area contributed by atoms with Gasteiger partial charge in [0.25, 0.3) is 0 Å². The Morgan fingerprint density at radius 3 is 2.66 bits per heavy atom. The summed E-state index contributed by atoms with van der Waals surface area (Å²) in [6.45, 7) is 2.49. The molecule has 0 aliphatic carbocycles. The third-order valence-corrected chi connectivity index (χ3v) is 5.84. The van der Waals surface area contributed by atoms with Crippen LogP contribution < -0.4 is 11.1 Å². The summed E-state index contributed by atoms with van der Waals surface area (Å²) >= 11 is 1.62. The Hall–Kier alpha value is -3.12. The van der Waals surface area contributed by atoms with E-state index in [0.29, 0.717) is 25.0 Å². The Morgan fingerprint density at radius 2 is 1.90 bits per heavy atom. The second-order valence-electron chi connectivity index (χ2n) is 7.02. The number of nitrogens with zero attached hydrogens (tertiary/aromatic N) is 1. The van der Waals surface area contributed by atoms with Gasteiger partial charge in [-0.2, -0.15) is 0 Å². The molecule has 0 spiro atoms. The number of oxazole rings is 1. The minimum absolute atomic E-state index is 0.0372. The zero-order valence-electron chi connectivity index (χ0n) is 16.1. The first kappa shape index (κ1) is 19.2. The van der Waals surface area contributed by atoms with Crippen LogP contribution in [0.1, 0.15) is 34.9 Å². The first-order valence-electron chi connectivity index (χ1n) is 9.59. The lowest BCUT2D eigenvalue weighted by atomic mass is 10.0. The van der Waals surface area contributed by atoms with E-state index < -0.39 is 0 Å². The number of thiophene rings is 1. The molecule has 0 fully saturated rings. The Labute approximate surface area is 172 Å². The molecule has 0 aliphatic heterocycles. The number of hydrogen-bond acceptors (Lipinski definition) is 4. The van der Waals surface area contributed by atoms with Crippen molar-refractivity contribution in [1.29, 1.82) is 0 Å². The van der Waals surface area contributed by atoms with Crippen molar-refractivity contribution in [1.82, 2.24) is 9.88 Å². The summed E-state index contributed by atoms with van der Waals surface area (Å²) in [7, 11) is 0. The average molecular weight is 407 g/mol. The van der Waals surface area contributed by atoms with E-state index >= 15 is 0 Å². The number of aryl methyl sites for hydroxylation is 2. The molecule has 1 unspecified atom stereocenters. The maximum Gasteiger partial charge on any atom is 0.419 e. The fourth-order valence-electron chi connectivity index (χ4n) is 3.39. The minimum atomic E-state index is -0.386.